The molecule has 2 atom stereocenters. The molecule has 23 heavy (non-hydrogen) atoms. The third-order valence-electron chi connectivity index (χ3n) is 3.74. The van der Waals surface area contributed by atoms with Crippen molar-refractivity contribution in [1.82, 2.24) is 0 Å². The fraction of sp³-hybridized carbons (Fsp3) is 0.357. The fourth-order valence-corrected chi connectivity index (χ4v) is 2.41. The highest BCUT2D eigenvalue weighted by Crippen LogP contribution is 2.54. The van der Waals surface area contributed by atoms with E-state index >= 15 is 0 Å². The van der Waals surface area contributed by atoms with Gasteiger partial charge in [0.1, 0.15) is 11.1 Å². The van der Waals surface area contributed by atoms with Crippen molar-refractivity contribution in [3.63, 3.8) is 0 Å². The van der Waals surface area contributed by atoms with Crippen molar-refractivity contribution in [2.75, 3.05) is 0 Å². The van der Waals surface area contributed by atoms with Crippen molar-refractivity contribution in [3.8, 4) is 0 Å². The van der Waals surface area contributed by atoms with Crippen LogP contribution in [0.2, 0.25) is 0 Å². The van der Waals surface area contributed by atoms with Crippen molar-refractivity contribution >= 4 is 29.2 Å². The Morgan fingerprint density at radius 3 is 2.09 bits per heavy atom. The van der Waals surface area contributed by atoms with Gasteiger partial charge in [-0.2, -0.15) is 0 Å². The van der Waals surface area contributed by atoms with Crippen LogP contribution in [0, 0.1) is 40.4 Å². The largest absolute Gasteiger partial charge is 0.460 e. The van der Waals surface area contributed by atoms with Crippen LogP contribution in [0.1, 0.15) is 18.9 Å². The number of allylic oxidation sites excluding steroid dienone is 1. The minimum absolute atomic E-state index is 0.0497. The maximum atomic E-state index is 13.5. The fourth-order valence-electron chi connectivity index (χ4n) is 2.11. The standard InChI is InChI=1S/C14H9Cl2F5O2/c1-14(3-5(14)2-7(15)16)13(22)23-4-6-8(17)10(19)12(21)11(20)9(6)18/h2,5H,3-4H2,1H3. The number of benzene rings is 1. The predicted molar refractivity (Wildman–Crippen MR) is 72.0 cm³/mol. The quantitative estimate of drug-likeness (QED) is 0.328. The normalized spacial score (nSPS) is 22.7. The van der Waals surface area contributed by atoms with E-state index in [-0.39, 0.29) is 10.4 Å². The Hall–Kier alpha value is -1.34. The smallest absolute Gasteiger partial charge is 0.312 e. The molecule has 0 bridgehead atoms. The topological polar surface area (TPSA) is 26.3 Å². The maximum absolute atomic E-state index is 13.5. The number of carbonyl (C=O) groups is 1. The lowest BCUT2D eigenvalue weighted by Gasteiger charge is -2.12. The van der Waals surface area contributed by atoms with E-state index in [0.717, 1.165) is 0 Å². The van der Waals surface area contributed by atoms with Gasteiger partial charge >= 0.3 is 5.97 Å². The monoisotopic (exact) mass is 374 g/mol. The van der Waals surface area contributed by atoms with Crippen molar-refractivity contribution in [2.24, 2.45) is 11.3 Å². The maximum Gasteiger partial charge on any atom is 0.312 e. The van der Waals surface area contributed by atoms with Crippen LogP contribution in [0.4, 0.5) is 22.0 Å². The summed E-state index contributed by atoms with van der Waals surface area (Å²) in [5, 5.41) is 0. The highest BCUT2D eigenvalue weighted by Gasteiger charge is 2.56. The SMILES string of the molecule is CC1(C(=O)OCc2c(F)c(F)c(F)c(F)c2F)CC1C=C(Cl)Cl. The Morgan fingerprint density at radius 2 is 1.61 bits per heavy atom. The van der Waals surface area contributed by atoms with Gasteiger partial charge in [0.15, 0.2) is 23.3 Å². The molecule has 1 aliphatic carbocycles. The molecule has 0 N–H and O–H groups in total. The summed E-state index contributed by atoms with van der Waals surface area (Å²) in [6.07, 6.45) is 1.74. The van der Waals surface area contributed by atoms with Gasteiger partial charge in [-0.3, -0.25) is 4.79 Å². The van der Waals surface area contributed by atoms with Gasteiger partial charge in [0.2, 0.25) is 5.82 Å². The molecule has 0 aliphatic heterocycles. The van der Waals surface area contributed by atoms with Crippen molar-refractivity contribution < 1.29 is 31.5 Å². The van der Waals surface area contributed by atoms with Crippen LogP contribution < -0.4 is 0 Å². The van der Waals surface area contributed by atoms with E-state index in [1.807, 2.05) is 0 Å². The third-order valence-corrected chi connectivity index (χ3v) is 4.00. The molecule has 9 heteroatoms. The Labute approximate surface area is 137 Å². The van der Waals surface area contributed by atoms with Crippen LogP contribution in [-0.4, -0.2) is 5.97 Å². The van der Waals surface area contributed by atoms with Crippen molar-refractivity contribution in [2.45, 2.75) is 20.0 Å². The molecule has 1 fully saturated rings. The lowest BCUT2D eigenvalue weighted by molar-refractivity contribution is -0.151. The Kier molecular flexibility index (Phi) is 4.92. The molecule has 0 saturated heterocycles. The van der Waals surface area contributed by atoms with E-state index in [0.29, 0.717) is 6.42 Å². The van der Waals surface area contributed by atoms with Crippen molar-refractivity contribution in [1.29, 1.82) is 0 Å². The second-order valence-corrected chi connectivity index (χ2v) is 6.32. The average Bonchev–Trinajstić information content (AvgIpc) is 3.13. The molecule has 1 aromatic carbocycles. The van der Waals surface area contributed by atoms with E-state index in [9.17, 15) is 26.7 Å². The molecule has 126 valence electrons. The van der Waals surface area contributed by atoms with Gasteiger partial charge in [0.05, 0.1) is 11.0 Å². The summed E-state index contributed by atoms with van der Waals surface area (Å²) in [4.78, 5) is 11.9. The molecule has 0 radical (unpaired) electrons. The van der Waals surface area contributed by atoms with E-state index in [4.69, 9.17) is 23.2 Å². The molecule has 1 aliphatic rings. The molecule has 1 saturated carbocycles. The van der Waals surface area contributed by atoms with Gasteiger partial charge in [-0.25, -0.2) is 22.0 Å². The number of hydrogen-bond donors (Lipinski definition) is 0. The van der Waals surface area contributed by atoms with E-state index in [1.54, 1.807) is 0 Å². The summed E-state index contributed by atoms with van der Waals surface area (Å²) in [7, 11) is 0. The Balaban J connectivity index is 2.14. The summed E-state index contributed by atoms with van der Waals surface area (Å²) < 4.78 is 70.5. The molecule has 2 unspecified atom stereocenters. The zero-order valence-electron chi connectivity index (χ0n) is 11.5. The number of ether oxygens (including phenoxy) is 1. The molecule has 0 aromatic heterocycles. The molecule has 1 aromatic rings. The van der Waals surface area contributed by atoms with Gasteiger partial charge in [0.25, 0.3) is 0 Å². The number of esters is 1. The second-order valence-electron chi connectivity index (χ2n) is 5.31. The number of hydrogen-bond acceptors (Lipinski definition) is 2. The van der Waals surface area contributed by atoms with Gasteiger partial charge < -0.3 is 4.74 Å². The van der Waals surface area contributed by atoms with Crippen molar-refractivity contribution in [3.05, 3.63) is 45.2 Å². The van der Waals surface area contributed by atoms with Gasteiger partial charge in [-0.05, 0) is 25.3 Å². The van der Waals surface area contributed by atoms with Gasteiger partial charge in [-0.15, -0.1) is 0 Å². The molecule has 2 rings (SSSR count). The highest BCUT2D eigenvalue weighted by atomic mass is 35.5. The second kappa shape index (κ2) is 6.28. The van der Waals surface area contributed by atoms with Gasteiger partial charge in [-0.1, -0.05) is 23.2 Å². The minimum Gasteiger partial charge on any atom is -0.460 e. The molecule has 2 nitrogen and oxygen atoms in total. The van der Waals surface area contributed by atoms with E-state index in [2.05, 4.69) is 4.74 Å². The Morgan fingerprint density at radius 1 is 1.13 bits per heavy atom. The first-order chi connectivity index (χ1) is 10.6. The minimum atomic E-state index is -2.27. The molecule has 0 spiro atoms. The molecule has 0 amide bonds. The van der Waals surface area contributed by atoms with Gasteiger partial charge in [0, 0.05) is 0 Å². The summed E-state index contributed by atoms with van der Waals surface area (Å²) in [6, 6.07) is 0. The summed E-state index contributed by atoms with van der Waals surface area (Å²) in [6.45, 7) is 0.428. The zero-order valence-corrected chi connectivity index (χ0v) is 13.0. The van der Waals surface area contributed by atoms with Crippen LogP contribution in [0.5, 0.6) is 0 Å². The van der Waals surface area contributed by atoms with Crippen LogP contribution in [0.3, 0.4) is 0 Å². The third kappa shape index (κ3) is 3.30. The average molecular weight is 375 g/mol. The van der Waals surface area contributed by atoms with Crippen LogP contribution in [0.15, 0.2) is 10.6 Å². The first-order valence-electron chi connectivity index (χ1n) is 6.30. The Bertz CT molecular complexity index is 674. The van der Waals surface area contributed by atoms with E-state index in [1.165, 1.54) is 13.0 Å². The number of carbonyl (C=O) groups excluding carboxylic acids is 1. The van der Waals surface area contributed by atoms with Crippen LogP contribution in [0.25, 0.3) is 0 Å². The lowest BCUT2D eigenvalue weighted by atomic mass is 10.1. The highest BCUT2D eigenvalue weighted by molar-refractivity contribution is 6.55. The first-order valence-corrected chi connectivity index (χ1v) is 7.05. The summed E-state index contributed by atoms with van der Waals surface area (Å²) >= 11 is 10.9. The number of halogens is 7. The summed E-state index contributed by atoms with van der Waals surface area (Å²) in [5.41, 5.74) is -2.21. The molecule has 0 heterocycles. The van der Waals surface area contributed by atoms with E-state index < -0.39 is 52.6 Å². The number of rotatable bonds is 4. The first kappa shape index (κ1) is 18.0. The molecular weight excluding hydrogens is 366 g/mol. The summed E-state index contributed by atoms with van der Waals surface area (Å²) in [5.74, 6) is -11.7. The van der Waals surface area contributed by atoms with Crippen LogP contribution >= 0.6 is 23.2 Å². The van der Waals surface area contributed by atoms with Crippen LogP contribution in [-0.2, 0) is 16.1 Å². The lowest BCUT2D eigenvalue weighted by Crippen LogP contribution is -2.19. The predicted octanol–water partition coefficient (Wildman–Crippen LogP) is 4.77. The molecular formula is C14H9Cl2F5O2. The zero-order chi connectivity index (χ0) is 17.5.